The number of benzene rings is 2. The summed E-state index contributed by atoms with van der Waals surface area (Å²) >= 11 is 6.06. The first-order valence-electron chi connectivity index (χ1n) is 10.7. The van der Waals surface area contributed by atoms with Crippen LogP contribution in [0.25, 0.3) is 0 Å². The fourth-order valence-corrected chi connectivity index (χ4v) is 4.78. The molecule has 0 spiro atoms. The number of anilines is 2. The first-order valence-corrected chi connectivity index (χ1v) is 11.1. The van der Waals surface area contributed by atoms with Gasteiger partial charge in [-0.25, -0.2) is 4.63 Å². The molecule has 0 bridgehead atoms. The van der Waals surface area contributed by atoms with Crippen molar-refractivity contribution in [1.29, 1.82) is 0 Å². The Bertz CT molecular complexity index is 1270. The van der Waals surface area contributed by atoms with Gasteiger partial charge in [-0.3, -0.25) is 4.79 Å². The van der Waals surface area contributed by atoms with Crippen molar-refractivity contribution in [3.63, 3.8) is 0 Å². The van der Waals surface area contributed by atoms with E-state index in [9.17, 15) is 4.79 Å². The van der Waals surface area contributed by atoms with Gasteiger partial charge < -0.3 is 24.8 Å². The average molecular weight is 483 g/mol. The highest BCUT2D eigenvalue weighted by atomic mass is 35.5. The van der Waals surface area contributed by atoms with Crippen LogP contribution >= 0.6 is 11.6 Å². The minimum absolute atomic E-state index is 0.00475. The summed E-state index contributed by atoms with van der Waals surface area (Å²) in [5, 5.41) is 15.2. The van der Waals surface area contributed by atoms with E-state index >= 15 is 0 Å². The molecule has 176 valence electrons. The third kappa shape index (κ3) is 3.71. The summed E-state index contributed by atoms with van der Waals surface area (Å²) in [5.41, 5.74) is 3.08. The minimum atomic E-state index is -0.580. The van der Waals surface area contributed by atoms with Gasteiger partial charge >= 0.3 is 0 Å². The number of allylic oxidation sites excluding steroid dienone is 1. The number of Topliss-reactive ketones (excluding diaryl/α,β-unsaturated/α-hetero) is 1. The van der Waals surface area contributed by atoms with E-state index in [1.165, 1.54) is 0 Å². The number of carbonyl (C=O) groups excluding carboxylic acids is 1. The molecule has 2 heterocycles. The molecule has 2 aliphatic rings. The molecule has 2 atom stereocenters. The highest BCUT2D eigenvalue weighted by Crippen LogP contribution is 2.48. The maximum absolute atomic E-state index is 13.6. The van der Waals surface area contributed by atoms with Crippen molar-refractivity contribution in [1.82, 2.24) is 10.3 Å². The van der Waals surface area contributed by atoms with Crippen molar-refractivity contribution < 1.29 is 23.6 Å². The maximum atomic E-state index is 13.6. The van der Waals surface area contributed by atoms with Crippen LogP contribution in [0.4, 0.5) is 11.6 Å². The molecule has 10 heteroatoms. The van der Waals surface area contributed by atoms with Gasteiger partial charge in [0.05, 0.1) is 27.4 Å². The number of rotatable bonds is 5. The SMILES string of the molecule is COc1ccc([C@H]2Nc3nonc3NC3=C2C(=O)C[C@H](c2ccc(Cl)cc2)C3)c(OC)c1OC. The number of hydrogen-bond donors (Lipinski definition) is 2. The van der Waals surface area contributed by atoms with Crippen LogP contribution in [-0.2, 0) is 4.79 Å². The van der Waals surface area contributed by atoms with Gasteiger partial charge in [-0.1, -0.05) is 23.7 Å². The number of methoxy groups -OCH3 is 3. The molecule has 0 saturated heterocycles. The van der Waals surface area contributed by atoms with Crippen molar-refractivity contribution in [2.24, 2.45) is 0 Å². The number of halogens is 1. The molecule has 0 saturated carbocycles. The fraction of sp³-hybridized carbons (Fsp3) is 0.292. The number of hydrogen-bond acceptors (Lipinski definition) is 9. The summed E-state index contributed by atoms with van der Waals surface area (Å²) in [6.45, 7) is 0. The Morgan fingerprint density at radius 3 is 2.38 bits per heavy atom. The van der Waals surface area contributed by atoms with Gasteiger partial charge in [0.15, 0.2) is 17.3 Å². The van der Waals surface area contributed by atoms with Crippen LogP contribution in [0.3, 0.4) is 0 Å². The Labute approximate surface area is 201 Å². The van der Waals surface area contributed by atoms with Gasteiger partial charge in [0, 0.05) is 28.3 Å². The van der Waals surface area contributed by atoms with E-state index in [4.69, 9.17) is 30.4 Å². The molecule has 1 aliphatic heterocycles. The zero-order valence-electron chi connectivity index (χ0n) is 18.8. The topological polar surface area (TPSA) is 108 Å². The van der Waals surface area contributed by atoms with E-state index in [0.29, 0.717) is 57.9 Å². The summed E-state index contributed by atoms with van der Waals surface area (Å²) in [4.78, 5) is 13.6. The standard InChI is InChI=1S/C24H23ClN4O5/c1-31-18-9-8-15(21(32-2)22(18)33-3)20-19-16(26-23-24(27-20)29-34-28-23)10-13(11-17(19)30)12-4-6-14(25)7-5-12/h4-9,13,20H,10-11H2,1-3H3,(H,26,28)(H,27,29)/t13-,20-/m1/s1. The second-order valence-corrected chi connectivity index (χ2v) is 8.50. The van der Waals surface area contributed by atoms with Crippen molar-refractivity contribution in [3.8, 4) is 17.2 Å². The first-order chi connectivity index (χ1) is 16.5. The van der Waals surface area contributed by atoms with Crippen LogP contribution < -0.4 is 24.8 Å². The van der Waals surface area contributed by atoms with E-state index in [2.05, 4.69) is 20.9 Å². The lowest BCUT2D eigenvalue weighted by atomic mass is 9.78. The number of fused-ring (bicyclic) bond motifs is 1. The number of ketones is 1. The van der Waals surface area contributed by atoms with E-state index in [1.807, 2.05) is 30.3 Å². The Kier molecular flexibility index (Phi) is 5.79. The van der Waals surface area contributed by atoms with E-state index in [1.54, 1.807) is 27.4 Å². The van der Waals surface area contributed by atoms with Gasteiger partial charge in [0.25, 0.3) is 0 Å². The summed E-state index contributed by atoms with van der Waals surface area (Å²) in [7, 11) is 4.65. The number of aromatic nitrogens is 2. The maximum Gasteiger partial charge on any atom is 0.219 e. The van der Waals surface area contributed by atoms with Crippen LogP contribution in [0.2, 0.25) is 5.02 Å². The molecule has 0 radical (unpaired) electrons. The molecule has 2 aromatic carbocycles. The molecule has 9 nitrogen and oxygen atoms in total. The molecule has 1 aromatic heterocycles. The van der Waals surface area contributed by atoms with Gasteiger partial charge in [-0.2, -0.15) is 0 Å². The number of nitrogens with one attached hydrogen (secondary N) is 2. The predicted octanol–water partition coefficient (Wildman–Crippen LogP) is 4.73. The third-order valence-electron chi connectivity index (χ3n) is 6.22. The third-order valence-corrected chi connectivity index (χ3v) is 6.47. The summed E-state index contributed by atoms with van der Waals surface area (Å²) in [6, 6.07) is 10.6. The Hall–Kier alpha value is -3.72. The van der Waals surface area contributed by atoms with Gasteiger partial charge in [0.1, 0.15) is 0 Å². The Morgan fingerprint density at radius 2 is 1.68 bits per heavy atom. The fourth-order valence-electron chi connectivity index (χ4n) is 4.66. The number of nitrogens with zero attached hydrogens (tertiary/aromatic N) is 2. The zero-order chi connectivity index (χ0) is 23.8. The summed E-state index contributed by atoms with van der Waals surface area (Å²) in [6.07, 6.45) is 0.953. The molecular weight excluding hydrogens is 460 g/mol. The van der Waals surface area contributed by atoms with E-state index in [0.717, 1.165) is 11.3 Å². The predicted molar refractivity (Wildman–Crippen MR) is 126 cm³/mol. The molecule has 0 unspecified atom stereocenters. The van der Waals surface area contributed by atoms with Crippen LogP contribution in [0, 0.1) is 0 Å². The normalized spacial score (nSPS) is 19.4. The smallest absolute Gasteiger partial charge is 0.219 e. The molecule has 0 fully saturated rings. The summed E-state index contributed by atoms with van der Waals surface area (Å²) in [5.74, 6) is 2.22. The second-order valence-electron chi connectivity index (χ2n) is 8.06. The van der Waals surface area contributed by atoms with Crippen LogP contribution in [0.15, 0.2) is 52.3 Å². The largest absolute Gasteiger partial charge is 0.493 e. The van der Waals surface area contributed by atoms with Gasteiger partial charge in [-0.15, -0.1) is 0 Å². The van der Waals surface area contributed by atoms with Gasteiger partial charge in [-0.05, 0) is 52.5 Å². The molecular formula is C24H23ClN4O5. The quantitative estimate of drug-likeness (QED) is 0.533. The lowest BCUT2D eigenvalue weighted by Gasteiger charge is -2.30. The van der Waals surface area contributed by atoms with Crippen LogP contribution in [0.5, 0.6) is 17.2 Å². The lowest BCUT2D eigenvalue weighted by molar-refractivity contribution is -0.116. The van der Waals surface area contributed by atoms with Crippen molar-refractivity contribution in [2.75, 3.05) is 32.0 Å². The highest BCUT2D eigenvalue weighted by molar-refractivity contribution is 6.30. The van der Waals surface area contributed by atoms with Gasteiger partial charge in [0.2, 0.25) is 17.4 Å². The second kappa shape index (κ2) is 8.90. The average Bonchev–Trinajstić information content (AvgIpc) is 3.22. The minimum Gasteiger partial charge on any atom is -0.493 e. The van der Waals surface area contributed by atoms with Crippen LogP contribution in [0.1, 0.15) is 35.9 Å². The molecule has 34 heavy (non-hydrogen) atoms. The van der Waals surface area contributed by atoms with Crippen molar-refractivity contribution >= 4 is 29.0 Å². The van der Waals surface area contributed by atoms with Crippen LogP contribution in [-0.4, -0.2) is 37.4 Å². The molecule has 2 N–H and O–H groups in total. The lowest BCUT2D eigenvalue weighted by Crippen LogP contribution is -2.27. The first kappa shape index (κ1) is 22.1. The van der Waals surface area contributed by atoms with E-state index in [-0.39, 0.29) is 11.7 Å². The number of carbonyl (C=O) groups is 1. The highest BCUT2D eigenvalue weighted by Gasteiger charge is 2.39. The number of ether oxygens (including phenoxy) is 3. The molecule has 1 aliphatic carbocycles. The molecule has 3 aromatic rings. The zero-order valence-corrected chi connectivity index (χ0v) is 19.6. The Balaban J connectivity index is 1.64. The monoisotopic (exact) mass is 482 g/mol. The Morgan fingerprint density at radius 1 is 0.941 bits per heavy atom. The molecule has 5 rings (SSSR count). The summed E-state index contributed by atoms with van der Waals surface area (Å²) < 4.78 is 21.7. The van der Waals surface area contributed by atoms with E-state index < -0.39 is 6.04 Å². The molecule has 0 amide bonds. The van der Waals surface area contributed by atoms with Crippen molar-refractivity contribution in [3.05, 3.63) is 63.8 Å². The van der Waals surface area contributed by atoms with Crippen molar-refractivity contribution in [2.45, 2.75) is 24.8 Å².